The molecule has 0 radical (unpaired) electrons. The molecular formula is C127H110N12O3Pt3. The summed E-state index contributed by atoms with van der Waals surface area (Å²) in [5.41, 5.74) is 27.3. The molecular weight excluding hydrogens is 2330 g/mol. The second kappa shape index (κ2) is 48.6. The molecule has 0 unspecified atom stereocenters. The first kappa shape index (κ1) is 102. The summed E-state index contributed by atoms with van der Waals surface area (Å²) in [6, 6.07) is 139. The Balaban J connectivity index is 0.000000148. The van der Waals surface area contributed by atoms with Crippen LogP contribution < -0.4 is 24.0 Å². The van der Waals surface area contributed by atoms with Gasteiger partial charge in [-0.05, 0) is 174 Å². The first-order valence-corrected chi connectivity index (χ1v) is 49.3. The third-order valence-corrected chi connectivity index (χ3v) is 26.4. The number of aromatic nitrogens is 10. The van der Waals surface area contributed by atoms with Crippen molar-refractivity contribution in [2.45, 2.75) is 136 Å². The Bertz CT molecular complexity index is 7490. The quantitative estimate of drug-likeness (QED) is 0.0456. The van der Waals surface area contributed by atoms with Crippen LogP contribution in [0.1, 0.15) is 160 Å². The van der Waals surface area contributed by atoms with Crippen LogP contribution in [0, 0.1) is 50.2 Å². The third-order valence-electron chi connectivity index (χ3n) is 26.4. The van der Waals surface area contributed by atoms with Crippen molar-refractivity contribution in [1.29, 1.82) is 0 Å². The molecule has 2 saturated carbocycles. The summed E-state index contributed by atoms with van der Waals surface area (Å²) in [6.07, 6.45) is 29.8. The molecule has 0 N–H and O–H groups in total. The molecule has 0 bridgehead atoms. The van der Waals surface area contributed by atoms with E-state index in [2.05, 4.69) is 299 Å². The number of benzene rings is 14. The second-order valence-corrected chi connectivity index (χ2v) is 36.8. The molecule has 6 aromatic heterocycles. The molecule has 2 aliphatic rings. The molecule has 18 heteroatoms. The van der Waals surface area contributed by atoms with Gasteiger partial charge in [0.2, 0.25) is 11.8 Å². The largest absolute Gasteiger partial charge is 2.00 e. The van der Waals surface area contributed by atoms with Crippen LogP contribution in [0.4, 0.5) is 34.4 Å². The standard InChI is InChI=1S/C44H42N4O.C44H30N4O.C39H38N4O.3Pt/c2*1-5-16-33(17-6-1)39-26-14-27-40(34-18-7-2-8-19-34)44(39)47-31-41(45-32-47)35-20-13-23-37(30-35)48(36-21-9-3-10-22-36)42-28-15-29-43(46-42)49-38-24-11-4-12-25-38;1-26(2)34-17-10-18-35(27(3)4)39(34)42-24-36(41-25-42)31-14-9-16-33(23-31)44-32-15-8-13-30(21-32)22-37-40-19-20-43(37)38-28(5)11-7-12-29(38)6;;;/h3-4,9-15,20-24,26-29,31-34H,1-2,5-8,16-19H2;1-24,26-29,31-32H;7-20,24-27H,22H2,1-6H3;;;/q3*-2;3*+2. The maximum atomic E-state index is 6.27. The SMILES string of the molecule is Cc1cccc(C)c1-n1ccnc1Cc1[c-]c(Oc2[c-]c(-c3cn(-c4c(C(C)C)cccc4C(C)C)cn3)ccc2)ccc1.[Pt+2].[Pt+2].[Pt+2].[c-]1ccccc1Oc1cccc(N(c2[c-]c(-c3cn(-c4c(-c5ccccc5)cccc4-c4ccccc4)cn3)ccc2)c2ccccc2)n1.[c-]1ccccc1Oc1cccc(N(c2[c-]c(-c3cn(-c4c(C5CCCCC5)cccc4C4CCCCC4)cn3)ccc2)c2ccccc2)n1. The van der Waals surface area contributed by atoms with Crippen molar-refractivity contribution in [2.24, 2.45) is 0 Å². The zero-order valence-electron chi connectivity index (χ0n) is 81.7. The minimum absolute atomic E-state index is 0. The van der Waals surface area contributed by atoms with Crippen molar-refractivity contribution in [3.8, 4) is 114 Å². The number of para-hydroxylation sites is 8. The van der Waals surface area contributed by atoms with Gasteiger partial charge in [-0.3, -0.25) is 15.0 Å². The van der Waals surface area contributed by atoms with Gasteiger partial charge in [-0.2, -0.15) is 64.1 Å². The van der Waals surface area contributed by atoms with E-state index in [0.717, 1.165) is 102 Å². The average molecular weight is 2440 g/mol. The van der Waals surface area contributed by atoms with Crippen LogP contribution in [-0.2, 0) is 69.6 Å². The van der Waals surface area contributed by atoms with Gasteiger partial charge in [0, 0.05) is 93.5 Å². The van der Waals surface area contributed by atoms with Gasteiger partial charge in [0.25, 0.3) is 0 Å². The van der Waals surface area contributed by atoms with Crippen molar-refractivity contribution in [3.63, 3.8) is 0 Å². The smallest absolute Gasteiger partial charge is 0.503 e. The number of hydrogen-bond donors (Lipinski definition) is 0. The fourth-order valence-electron chi connectivity index (χ4n) is 19.6. The van der Waals surface area contributed by atoms with Crippen molar-refractivity contribution in [3.05, 3.63) is 483 Å². The minimum Gasteiger partial charge on any atom is -0.503 e. The van der Waals surface area contributed by atoms with Crippen LogP contribution in [0.15, 0.2) is 402 Å². The van der Waals surface area contributed by atoms with Gasteiger partial charge in [-0.25, -0.2) is 4.98 Å². The first-order valence-electron chi connectivity index (χ1n) is 49.3. The van der Waals surface area contributed by atoms with E-state index in [9.17, 15) is 0 Å². The summed E-state index contributed by atoms with van der Waals surface area (Å²) in [6.45, 7) is 13.2. The third kappa shape index (κ3) is 24.2. The molecule has 6 heterocycles. The molecule has 726 valence electrons. The Morgan fingerprint density at radius 3 is 1.22 bits per heavy atom. The predicted molar refractivity (Wildman–Crippen MR) is 571 cm³/mol. The fraction of sp³-hybridized carbons (Fsp3) is 0.165. The summed E-state index contributed by atoms with van der Waals surface area (Å²) in [4.78, 5) is 33.4. The predicted octanol–water partition coefficient (Wildman–Crippen LogP) is 32.6. The average Bonchev–Trinajstić information content (AvgIpc) is 1.66. The summed E-state index contributed by atoms with van der Waals surface area (Å²) in [5, 5.41) is 0. The van der Waals surface area contributed by atoms with Crippen molar-refractivity contribution in [1.82, 2.24) is 48.2 Å². The molecule has 0 saturated heterocycles. The van der Waals surface area contributed by atoms with Gasteiger partial charge in [0.05, 0.1) is 41.7 Å². The monoisotopic (exact) mass is 2440 g/mol. The number of hydrogen-bond acceptors (Lipinski definition) is 11. The number of pyridine rings is 2. The molecule has 0 aliphatic heterocycles. The zero-order chi connectivity index (χ0) is 96.5. The molecule has 14 aromatic carbocycles. The Morgan fingerprint density at radius 2 is 0.745 bits per heavy atom. The van der Waals surface area contributed by atoms with Gasteiger partial charge < -0.3 is 42.3 Å². The number of ether oxygens (including phenoxy) is 3. The summed E-state index contributed by atoms with van der Waals surface area (Å²) < 4.78 is 27.2. The van der Waals surface area contributed by atoms with E-state index in [1.807, 2.05) is 213 Å². The molecule has 0 amide bonds. The Hall–Kier alpha value is -14.7. The molecule has 0 atom stereocenters. The van der Waals surface area contributed by atoms with E-state index in [-0.39, 0.29) is 63.2 Å². The first-order chi connectivity index (χ1) is 69.9. The van der Waals surface area contributed by atoms with Gasteiger partial charge in [0.15, 0.2) is 0 Å². The van der Waals surface area contributed by atoms with Crippen LogP contribution >= 0.6 is 0 Å². The number of nitrogens with zero attached hydrogens (tertiary/aromatic N) is 12. The molecule has 22 rings (SSSR count). The van der Waals surface area contributed by atoms with Gasteiger partial charge in [-0.1, -0.05) is 254 Å². The van der Waals surface area contributed by atoms with Crippen molar-refractivity contribution >= 4 is 34.4 Å². The van der Waals surface area contributed by atoms with Gasteiger partial charge in [-0.15, -0.1) is 120 Å². The molecule has 145 heavy (non-hydrogen) atoms. The number of anilines is 6. The molecule has 2 fully saturated rings. The maximum absolute atomic E-state index is 6.27. The second-order valence-electron chi connectivity index (χ2n) is 36.8. The number of imidazole rings is 4. The summed E-state index contributed by atoms with van der Waals surface area (Å²) in [7, 11) is 0. The number of rotatable bonds is 27. The fourth-order valence-corrected chi connectivity index (χ4v) is 19.6. The number of aryl methyl sites for hydroxylation is 2. The molecule has 2 aliphatic carbocycles. The van der Waals surface area contributed by atoms with Crippen LogP contribution in [-0.4, -0.2) is 48.2 Å². The summed E-state index contributed by atoms with van der Waals surface area (Å²) >= 11 is 0. The maximum Gasteiger partial charge on any atom is 2.00 e. The summed E-state index contributed by atoms with van der Waals surface area (Å²) in [5.74, 6) is 7.87. The zero-order valence-corrected chi connectivity index (χ0v) is 88.5. The van der Waals surface area contributed by atoms with E-state index in [4.69, 9.17) is 39.1 Å². The van der Waals surface area contributed by atoms with Crippen LogP contribution in [0.5, 0.6) is 34.8 Å². The van der Waals surface area contributed by atoms with E-state index in [1.54, 1.807) is 0 Å². The van der Waals surface area contributed by atoms with E-state index in [0.29, 0.717) is 70.7 Å². The van der Waals surface area contributed by atoms with Gasteiger partial charge >= 0.3 is 63.2 Å². The van der Waals surface area contributed by atoms with E-state index in [1.165, 1.54) is 115 Å². The Labute approximate surface area is 894 Å². The van der Waals surface area contributed by atoms with E-state index < -0.39 is 0 Å². The Morgan fingerprint density at radius 1 is 0.345 bits per heavy atom. The minimum atomic E-state index is 0. The normalized spacial score (nSPS) is 12.4. The van der Waals surface area contributed by atoms with Crippen LogP contribution in [0.3, 0.4) is 0 Å². The van der Waals surface area contributed by atoms with Crippen molar-refractivity contribution in [2.75, 3.05) is 9.80 Å². The molecule has 20 aromatic rings. The van der Waals surface area contributed by atoms with Gasteiger partial charge in [0.1, 0.15) is 17.5 Å². The van der Waals surface area contributed by atoms with Crippen LogP contribution in [0.25, 0.3) is 78.8 Å². The van der Waals surface area contributed by atoms with E-state index >= 15 is 0 Å². The molecule has 0 spiro atoms. The topological polar surface area (TPSA) is 131 Å². The van der Waals surface area contributed by atoms with Crippen LogP contribution in [0.2, 0.25) is 0 Å². The molecule has 15 nitrogen and oxygen atoms in total. The Kier molecular flexibility index (Phi) is 34.1. The van der Waals surface area contributed by atoms with Crippen molar-refractivity contribution < 1.29 is 77.4 Å².